The zero-order chi connectivity index (χ0) is 27.0. The number of ether oxygens (including phenoxy) is 2. The van der Waals surface area contributed by atoms with Gasteiger partial charge in [-0.05, 0) is 6.07 Å². The highest BCUT2D eigenvalue weighted by molar-refractivity contribution is 5.81. The smallest absolute Gasteiger partial charge is 0.351 e. The molecule has 18 heteroatoms. The maximum atomic E-state index is 13.2. The fraction of sp³-hybridized carbons (Fsp3) is 0.526. The first kappa shape index (κ1) is 26.7. The molecule has 17 nitrogen and oxygen atoms in total. The van der Waals surface area contributed by atoms with E-state index in [1.165, 1.54) is 23.2 Å². The Kier molecular flexibility index (Phi) is 7.62. The van der Waals surface area contributed by atoms with Crippen molar-refractivity contribution < 1.29 is 44.5 Å². The first-order chi connectivity index (χ1) is 17.6. The molecule has 8 atom stereocenters. The lowest BCUT2D eigenvalue weighted by atomic mass is 10.1. The third kappa shape index (κ3) is 4.95. The van der Waals surface area contributed by atoms with Gasteiger partial charge in [0.25, 0.3) is 0 Å². The molecule has 202 valence electrons. The van der Waals surface area contributed by atoms with E-state index in [9.17, 15) is 29.6 Å². The number of hydrogen-bond donors (Lipinski definition) is 8. The van der Waals surface area contributed by atoms with Crippen LogP contribution >= 0.6 is 0 Å². The molecule has 0 aromatic carbocycles. The molecule has 3 aromatic rings. The number of rotatable bonds is 4. The summed E-state index contributed by atoms with van der Waals surface area (Å²) in [5.74, 6) is -0.0870. The van der Waals surface area contributed by atoms with E-state index in [0.29, 0.717) is 0 Å². The maximum absolute atomic E-state index is 13.2. The summed E-state index contributed by atoms with van der Waals surface area (Å²) in [6.45, 7) is -0.918. The van der Waals surface area contributed by atoms with Gasteiger partial charge in [0.05, 0.1) is 19.5 Å². The summed E-state index contributed by atoms with van der Waals surface area (Å²) in [7, 11) is 0. The van der Waals surface area contributed by atoms with E-state index in [1.807, 2.05) is 0 Å². The number of nitrogens with zero attached hydrogens (tertiary/aromatic N) is 6. The number of nitrogens with two attached hydrogens (primary N) is 2. The SMILES string of the molecule is Nc1ccn([C@@H]2O[C@H](CO)[C@@H](O)[C@@H]2O)c(=O)n1.Nc1nc(F)nc2c1ncn2[C@@H]1O[C@H](CO)[C@@H](O)[C@@H]1O. The van der Waals surface area contributed by atoms with Crippen molar-refractivity contribution in [2.24, 2.45) is 0 Å². The number of anilines is 2. The first-order valence-electron chi connectivity index (χ1n) is 10.8. The maximum Gasteiger partial charge on any atom is 0.351 e. The molecule has 0 amide bonds. The number of fused-ring (bicyclic) bond motifs is 1. The Bertz CT molecular complexity index is 1310. The van der Waals surface area contributed by atoms with Crippen molar-refractivity contribution in [1.29, 1.82) is 0 Å². The molecule has 0 saturated carbocycles. The molecule has 2 aliphatic rings. The fourth-order valence-electron chi connectivity index (χ4n) is 3.94. The highest BCUT2D eigenvalue weighted by Gasteiger charge is 2.45. The largest absolute Gasteiger partial charge is 0.394 e. The van der Waals surface area contributed by atoms with Crippen molar-refractivity contribution in [1.82, 2.24) is 29.1 Å². The van der Waals surface area contributed by atoms with E-state index >= 15 is 0 Å². The lowest BCUT2D eigenvalue weighted by molar-refractivity contribution is -0.0549. The fourth-order valence-corrected chi connectivity index (χ4v) is 3.94. The van der Waals surface area contributed by atoms with Crippen molar-refractivity contribution in [2.45, 2.75) is 49.1 Å². The minimum Gasteiger partial charge on any atom is -0.394 e. The van der Waals surface area contributed by atoms with E-state index in [0.717, 1.165) is 4.57 Å². The van der Waals surface area contributed by atoms with Crippen LogP contribution in [-0.4, -0.2) is 110 Å². The third-order valence-electron chi connectivity index (χ3n) is 5.86. The predicted octanol–water partition coefficient (Wildman–Crippen LogP) is -4.40. The zero-order valence-corrected chi connectivity index (χ0v) is 18.9. The van der Waals surface area contributed by atoms with Crippen LogP contribution in [-0.2, 0) is 9.47 Å². The summed E-state index contributed by atoms with van der Waals surface area (Å²) < 4.78 is 26.0. The normalized spacial score (nSPS) is 31.4. The van der Waals surface area contributed by atoms with Crippen LogP contribution in [0.15, 0.2) is 23.4 Å². The number of aliphatic hydroxyl groups is 6. The second-order valence-corrected chi connectivity index (χ2v) is 8.20. The number of hydrogen-bond acceptors (Lipinski definition) is 15. The van der Waals surface area contributed by atoms with Crippen LogP contribution in [0.4, 0.5) is 16.0 Å². The summed E-state index contributed by atoms with van der Waals surface area (Å²) >= 11 is 0. The van der Waals surface area contributed by atoms with E-state index in [2.05, 4.69) is 19.9 Å². The molecule has 0 spiro atoms. The molecule has 3 aromatic heterocycles. The van der Waals surface area contributed by atoms with Gasteiger partial charge in [0.1, 0.15) is 42.4 Å². The second-order valence-electron chi connectivity index (χ2n) is 8.20. The standard InChI is InChI=1S/C10H12FN5O4.C9H13N3O5/c11-10-14-7(12)4-8(15-10)16(2-13-4)9-6(19)5(18)3(1-17)20-9;10-5-1-2-12(9(16)11-5)8-7(15)6(14)4(3-13)17-8/h2-3,5-6,9,17-19H,1H2,(H2,12,14,15);1-2,4,6-8,13-15H,3H2,(H2,10,11,16)/t3-,5-,6+,9-;4-,6-,7+,8-/m11/s1. The minimum atomic E-state index is -1.32. The Balaban J connectivity index is 0.000000176. The molecule has 37 heavy (non-hydrogen) atoms. The van der Waals surface area contributed by atoms with Crippen molar-refractivity contribution in [3.8, 4) is 0 Å². The first-order valence-corrected chi connectivity index (χ1v) is 10.8. The number of nitrogen functional groups attached to an aromatic ring is 2. The van der Waals surface area contributed by atoms with Crippen molar-refractivity contribution >= 4 is 22.8 Å². The number of halogens is 1. The molecule has 10 N–H and O–H groups in total. The van der Waals surface area contributed by atoms with Gasteiger partial charge >= 0.3 is 11.8 Å². The van der Waals surface area contributed by atoms with Gasteiger partial charge in [0.15, 0.2) is 29.4 Å². The van der Waals surface area contributed by atoms with Crippen LogP contribution in [0.25, 0.3) is 11.2 Å². The Labute approximate surface area is 206 Å². The number of aliphatic hydroxyl groups excluding tert-OH is 6. The third-order valence-corrected chi connectivity index (χ3v) is 5.86. The summed E-state index contributed by atoms with van der Waals surface area (Å²) in [6.07, 6.45) is -7.65. The van der Waals surface area contributed by atoms with Gasteiger partial charge in [-0.15, -0.1) is 0 Å². The van der Waals surface area contributed by atoms with Gasteiger partial charge in [-0.2, -0.15) is 19.3 Å². The molecule has 2 fully saturated rings. The zero-order valence-electron chi connectivity index (χ0n) is 18.9. The lowest BCUT2D eigenvalue weighted by Gasteiger charge is -2.16. The molecular weight excluding hydrogens is 503 g/mol. The van der Waals surface area contributed by atoms with Gasteiger partial charge in [0, 0.05) is 6.20 Å². The van der Waals surface area contributed by atoms with E-state index < -0.39 is 74.1 Å². The van der Waals surface area contributed by atoms with E-state index in [1.54, 1.807) is 0 Å². The lowest BCUT2D eigenvalue weighted by Crippen LogP contribution is -2.36. The number of aromatic nitrogens is 6. The van der Waals surface area contributed by atoms with Crippen LogP contribution in [0.5, 0.6) is 0 Å². The van der Waals surface area contributed by atoms with Crippen molar-refractivity contribution in [3.05, 3.63) is 35.2 Å². The second kappa shape index (κ2) is 10.6. The van der Waals surface area contributed by atoms with Gasteiger partial charge in [0.2, 0.25) is 0 Å². The van der Waals surface area contributed by atoms with Crippen LogP contribution in [0.1, 0.15) is 12.5 Å². The highest BCUT2D eigenvalue weighted by Crippen LogP contribution is 2.32. The van der Waals surface area contributed by atoms with Crippen LogP contribution in [0, 0.1) is 6.08 Å². The van der Waals surface area contributed by atoms with Crippen LogP contribution < -0.4 is 17.2 Å². The minimum absolute atomic E-state index is 0.0323. The van der Waals surface area contributed by atoms with Crippen molar-refractivity contribution in [2.75, 3.05) is 24.7 Å². The average Bonchev–Trinajstić information content (AvgIpc) is 3.49. The quantitative estimate of drug-likeness (QED) is 0.148. The number of imidazole rings is 1. The van der Waals surface area contributed by atoms with Gasteiger partial charge < -0.3 is 51.6 Å². The van der Waals surface area contributed by atoms with E-state index in [4.69, 9.17) is 31.2 Å². The Morgan fingerprint density at radius 2 is 1.46 bits per heavy atom. The van der Waals surface area contributed by atoms with Crippen molar-refractivity contribution in [3.63, 3.8) is 0 Å². The van der Waals surface area contributed by atoms with Gasteiger partial charge in [-0.3, -0.25) is 9.13 Å². The molecular formula is C19H25FN8O9. The molecule has 0 aliphatic carbocycles. The van der Waals surface area contributed by atoms with Crippen LogP contribution in [0.2, 0.25) is 0 Å². The van der Waals surface area contributed by atoms with Gasteiger partial charge in [-0.1, -0.05) is 0 Å². The van der Waals surface area contributed by atoms with E-state index in [-0.39, 0.29) is 22.8 Å². The monoisotopic (exact) mass is 528 g/mol. The molecule has 0 bridgehead atoms. The molecule has 5 heterocycles. The Hall–Kier alpha value is -3.36. The van der Waals surface area contributed by atoms with Crippen LogP contribution in [0.3, 0.4) is 0 Å². The Morgan fingerprint density at radius 3 is 1.97 bits per heavy atom. The topological polar surface area (TPSA) is 270 Å². The molecule has 2 aliphatic heterocycles. The summed E-state index contributed by atoms with van der Waals surface area (Å²) in [5, 5.41) is 56.8. The molecule has 2 saturated heterocycles. The molecule has 0 unspecified atom stereocenters. The Morgan fingerprint density at radius 1 is 0.892 bits per heavy atom. The molecule has 5 rings (SSSR count). The predicted molar refractivity (Wildman–Crippen MR) is 119 cm³/mol. The summed E-state index contributed by atoms with van der Waals surface area (Å²) in [5.41, 5.74) is 10.3. The average molecular weight is 528 g/mol. The summed E-state index contributed by atoms with van der Waals surface area (Å²) in [4.78, 5) is 25.8. The summed E-state index contributed by atoms with van der Waals surface area (Å²) in [6, 6.07) is 1.37. The molecule has 0 radical (unpaired) electrons. The highest BCUT2D eigenvalue weighted by atomic mass is 19.1. The van der Waals surface area contributed by atoms with Gasteiger partial charge in [-0.25, -0.2) is 9.78 Å².